The third-order valence-electron chi connectivity index (χ3n) is 4.02. The first-order chi connectivity index (χ1) is 13.1. The molecular formula is C22H20F2O3. The molecule has 0 amide bonds. The van der Waals surface area contributed by atoms with E-state index >= 15 is 0 Å². The Kier molecular flexibility index (Phi) is 6.59. The highest BCUT2D eigenvalue weighted by atomic mass is 19.3. The molecule has 2 aromatic carbocycles. The van der Waals surface area contributed by atoms with Crippen molar-refractivity contribution in [2.45, 2.75) is 19.8 Å². The Bertz CT molecular complexity index is 809. The van der Waals surface area contributed by atoms with Crippen LogP contribution in [0.3, 0.4) is 0 Å². The van der Waals surface area contributed by atoms with Gasteiger partial charge in [0.2, 0.25) is 6.29 Å². The van der Waals surface area contributed by atoms with E-state index < -0.39 is 12.9 Å². The molecule has 0 aromatic heterocycles. The molecule has 1 fully saturated rings. The van der Waals surface area contributed by atoms with Gasteiger partial charge in [0.1, 0.15) is 5.75 Å². The summed E-state index contributed by atoms with van der Waals surface area (Å²) in [4.78, 5) is 0. The average molecular weight is 370 g/mol. The van der Waals surface area contributed by atoms with E-state index in [1.54, 1.807) is 12.1 Å². The number of halogens is 2. The van der Waals surface area contributed by atoms with Gasteiger partial charge < -0.3 is 14.2 Å². The van der Waals surface area contributed by atoms with Crippen LogP contribution >= 0.6 is 0 Å². The molecule has 3 nitrogen and oxygen atoms in total. The Morgan fingerprint density at radius 1 is 1.00 bits per heavy atom. The van der Waals surface area contributed by atoms with Crippen molar-refractivity contribution in [3.63, 3.8) is 0 Å². The van der Waals surface area contributed by atoms with Gasteiger partial charge in [0.15, 0.2) is 0 Å². The van der Waals surface area contributed by atoms with Gasteiger partial charge in [-0.25, -0.2) is 0 Å². The number of hydrogen-bond donors (Lipinski definition) is 0. The van der Waals surface area contributed by atoms with Crippen molar-refractivity contribution < 1.29 is 23.0 Å². The largest absolute Gasteiger partial charge is 0.435 e. The Hall–Kier alpha value is -2.68. The topological polar surface area (TPSA) is 27.7 Å². The summed E-state index contributed by atoms with van der Waals surface area (Å²) in [6.45, 7) is 0.364. The molecule has 0 saturated carbocycles. The van der Waals surface area contributed by atoms with Gasteiger partial charge in [-0.1, -0.05) is 42.3 Å². The van der Waals surface area contributed by atoms with Crippen LogP contribution in [0.5, 0.6) is 5.75 Å². The summed E-state index contributed by atoms with van der Waals surface area (Å²) in [5.41, 5.74) is 2.72. The average Bonchev–Trinajstić information content (AvgIpc) is 2.68. The minimum absolute atomic E-state index is 0.139. The van der Waals surface area contributed by atoms with Crippen molar-refractivity contribution in [1.82, 2.24) is 0 Å². The molecule has 3 rings (SSSR count). The van der Waals surface area contributed by atoms with Gasteiger partial charge in [-0.3, -0.25) is 0 Å². The van der Waals surface area contributed by atoms with E-state index in [9.17, 15) is 8.78 Å². The summed E-state index contributed by atoms with van der Waals surface area (Å²) in [5.74, 6) is 6.45. The van der Waals surface area contributed by atoms with Crippen LogP contribution in [0, 0.1) is 17.8 Å². The molecule has 0 radical (unpaired) electrons. The zero-order valence-electron chi connectivity index (χ0n) is 14.9. The predicted octanol–water partition coefficient (Wildman–Crippen LogP) is 4.87. The minimum atomic E-state index is -2.82. The van der Waals surface area contributed by atoms with E-state index in [1.807, 2.05) is 37.3 Å². The second-order valence-corrected chi connectivity index (χ2v) is 6.03. The summed E-state index contributed by atoms with van der Waals surface area (Å²) < 4.78 is 39.9. The fraction of sp³-hybridized carbons (Fsp3) is 0.273. The van der Waals surface area contributed by atoms with E-state index in [1.165, 1.54) is 12.1 Å². The summed E-state index contributed by atoms with van der Waals surface area (Å²) in [6.07, 6.45) is 3.55. The predicted molar refractivity (Wildman–Crippen MR) is 99.4 cm³/mol. The minimum Gasteiger partial charge on any atom is -0.435 e. The van der Waals surface area contributed by atoms with E-state index in [4.69, 9.17) is 9.47 Å². The van der Waals surface area contributed by atoms with Crippen molar-refractivity contribution >= 4 is 0 Å². The van der Waals surface area contributed by atoms with Crippen LogP contribution in [0.25, 0.3) is 11.1 Å². The van der Waals surface area contributed by atoms with Gasteiger partial charge in [0.25, 0.3) is 0 Å². The van der Waals surface area contributed by atoms with E-state index in [0.717, 1.165) is 16.7 Å². The zero-order chi connectivity index (χ0) is 19.1. The lowest BCUT2D eigenvalue weighted by Crippen LogP contribution is -2.30. The number of hydrogen-bond acceptors (Lipinski definition) is 3. The molecule has 0 N–H and O–H groups in total. The highest BCUT2D eigenvalue weighted by molar-refractivity contribution is 5.65. The van der Waals surface area contributed by atoms with E-state index in [-0.39, 0.29) is 11.7 Å². The first kappa shape index (κ1) is 19.1. The maximum atomic E-state index is 12.2. The lowest BCUT2D eigenvalue weighted by Gasteiger charge is -2.24. The lowest BCUT2D eigenvalue weighted by molar-refractivity contribution is -0.160. The Morgan fingerprint density at radius 3 is 2.15 bits per heavy atom. The third kappa shape index (κ3) is 5.65. The standard InChI is InChI=1S/C22H20F2O3/c1-2-3-17-14-25-21(26-15-17)13-6-16-4-7-18(8-5-16)19-9-11-20(12-10-19)27-22(23)24/h2-5,7-12,17,21-22H,14-15H2,1H3/b3-2+. The molecule has 0 unspecified atom stereocenters. The molecule has 1 aliphatic rings. The van der Waals surface area contributed by atoms with Gasteiger partial charge in [0, 0.05) is 11.5 Å². The third-order valence-corrected chi connectivity index (χ3v) is 4.02. The fourth-order valence-corrected chi connectivity index (χ4v) is 2.70. The van der Waals surface area contributed by atoms with Gasteiger partial charge in [-0.2, -0.15) is 8.78 Å². The molecule has 1 aliphatic heterocycles. The zero-order valence-corrected chi connectivity index (χ0v) is 14.9. The molecule has 140 valence electrons. The monoisotopic (exact) mass is 370 g/mol. The lowest BCUT2D eigenvalue weighted by atomic mass is 10.0. The Labute approximate surface area is 157 Å². The maximum Gasteiger partial charge on any atom is 0.387 e. The van der Waals surface area contributed by atoms with Crippen LogP contribution in [-0.2, 0) is 9.47 Å². The van der Waals surface area contributed by atoms with Gasteiger partial charge in [-0.15, -0.1) is 0 Å². The van der Waals surface area contributed by atoms with Crippen molar-refractivity contribution in [2.24, 2.45) is 5.92 Å². The SMILES string of the molecule is C/C=C/C1COC(C#Cc2ccc(-c3ccc(OC(F)F)cc3)cc2)OC1. The summed E-state index contributed by atoms with van der Waals surface area (Å²) in [5, 5.41) is 0. The molecule has 0 spiro atoms. The fourth-order valence-electron chi connectivity index (χ4n) is 2.70. The van der Waals surface area contributed by atoms with Crippen LogP contribution in [0.4, 0.5) is 8.78 Å². The van der Waals surface area contributed by atoms with Gasteiger partial charge in [0.05, 0.1) is 13.2 Å². The van der Waals surface area contributed by atoms with Crippen molar-refractivity contribution in [3.8, 4) is 28.7 Å². The molecule has 1 heterocycles. The number of alkyl halides is 2. The van der Waals surface area contributed by atoms with Crippen LogP contribution in [0.1, 0.15) is 12.5 Å². The first-order valence-electron chi connectivity index (χ1n) is 8.67. The summed E-state index contributed by atoms with van der Waals surface area (Å²) in [6, 6.07) is 14.2. The Morgan fingerprint density at radius 2 is 1.59 bits per heavy atom. The number of benzene rings is 2. The van der Waals surface area contributed by atoms with Crippen LogP contribution < -0.4 is 4.74 Å². The van der Waals surface area contributed by atoms with Gasteiger partial charge in [-0.05, 0) is 48.2 Å². The maximum absolute atomic E-state index is 12.2. The molecule has 27 heavy (non-hydrogen) atoms. The van der Waals surface area contributed by atoms with Crippen LogP contribution in [0.2, 0.25) is 0 Å². The molecule has 0 atom stereocenters. The van der Waals surface area contributed by atoms with Crippen molar-refractivity contribution in [3.05, 3.63) is 66.2 Å². The van der Waals surface area contributed by atoms with Gasteiger partial charge >= 0.3 is 6.61 Å². The van der Waals surface area contributed by atoms with Crippen LogP contribution in [-0.4, -0.2) is 26.1 Å². The molecular weight excluding hydrogens is 350 g/mol. The first-order valence-corrected chi connectivity index (χ1v) is 8.67. The quantitative estimate of drug-likeness (QED) is 0.568. The molecule has 2 aromatic rings. The second-order valence-electron chi connectivity index (χ2n) is 6.03. The van der Waals surface area contributed by atoms with Crippen LogP contribution in [0.15, 0.2) is 60.7 Å². The molecule has 0 aliphatic carbocycles. The number of allylic oxidation sites excluding steroid dienone is 1. The Balaban J connectivity index is 1.60. The summed E-state index contributed by atoms with van der Waals surface area (Å²) in [7, 11) is 0. The van der Waals surface area contributed by atoms with Crippen molar-refractivity contribution in [1.29, 1.82) is 0 Å². The highest BCUT2D eigenvalue weighted by Gasteiger charge is 2.18. The van der Waals surface area contributed by atoms with E-state index in [0.29, 0.717) is 13.2 Å². The van der Waals surface area contributed by atoms with Crippen molar-refractivity contribution in [2.75, 3.05) is 13.2 Å². The summed E-state index contributed by atoms with van der Waals surface area (Å²) >= 11 is 0. The molecule has 5 heteroatoms. The normalized spacial score (nSPS) is 19.7. The molecule has 0 bridgehead atoms. The molecule has 1 saturated heterocycles. The number of ether oxygens (including phenoxy) is 3. The highest BCUT2D eigenvalue weighted by Crippen LogP contribution is 2.23. The number of rotatable bonds is 4. The van der Waals surface area contributed by atoms with E-state index in [2.05, 4.69) is 22.7 Å². The smallest absolute Gasteiger partial charge is 0.387 e. The second kappa shape index (κ2) is 9.31.